The van der Waals surface area contributed by atoms with Crippen LogP contribution < -0.4 is 0 Å². The molecule has 3 aromatic rings. The van der Waals surface area contributed by atoms with Crippen LogP contribution in [0.3, 0.4) is 0 Å². The monoisotopic (exact) mass is 412 g/mol. The summed E-state index contributed by atoms with van der Waals surface area (Å²) in [7, 11) is -3.42. The fourth-order valence-electron chi connectivity index (χ4n) is 2.84. The summed E-state index contributed by atoms with van der Waals surface area (Å²) in [5.74, 6) is -0.400. The lowest BCUT2D eigenvalue weighted by molar-refractivity contribution is -0.127. The second-order valence-electron chi connectivity index (χ2n) is 6.50. The van der Waals surface area contributed by atoms with Crippen LogP contribution in [0, 0.1) is 12.7 Å². The molecule has 148 valence electrons. The van der Waals surface area contributed by atoms with Gasteiger partial charge in [0.05, 0.1) is 17.0 Å². The molecule has 3 rings (SSSR count). The third-order valence-electron chi connectivity index (χ3n) is 3.98. The average molecular weight is 412 g/mol. The molecule has 1 heterocycles. The van der Waals surface area contributed by atoms with Crippen molar-refractivity contribution < 1.29 is 26.0 Å². The number of rotatable bonds is 4. The van der Waals surface area contributed by atoms with Crippen LogP contribution in [0.2, 0.25) is 0 Å². The zero-order valence-electron chi connectivity index (χ0n) is 15.0. The largest absolute Gasteiger partial charge is 0.394 e. The summed E-state index contributed by atoms with van der Waals surface area (Å²) in [6.45, 7) is 1.66. The van der Waals surface area contributed by atoms with E-state index in [-0.39, 0.29) is 16.4 Å². The van der Waals surface area contributed by atoms with Crippen LogP contribution in [0.25, 0.3) is 17.1 Å². The highest BCUT2D eigenvalue weighted by Gasteiger charge is 2.30. The van der Waals surface area contributed by atoms with Crippen molar-refractivity contribution in [3.8, 4) is 17.1 Å². The molecule has 0 aliphatic heterocycles. The summed E-state index contributed by atoms with van der Waals surface area (Å²) in [4.78, 5) is 4.13. The lowest BCUT2D eigenvalue weighted by Crippen LogP contribution is -2.11. The SMILES string of the molecule is Cc1cc(F)cc(-c2nc(CC(F)(F)F)cn2-c2ccc(S(C)(=O)=O)cc2)c1. The first kappa shape index (κ1) is 20.1. The molecule has 4 nitrogen and oxygen atoms in total. The van der Waals surface area contributed by atoms with E-state index in [4.69, 9.17) is 0 Å². The Labute approximate surface area is 159 Å². The van der Waals surface area contributed by atoms with Gasteiger partial charge >= 0.3 is 6.18 Å². The van der Waals surface area contributed by atoms with E-state index in [0.29, 0.717) is 16.8 Å². The molecule has 0 amide bonds. The van der Waals surface area contributed by atoms with Crippen molar-refractivity contribution in [2.45, 2.75) is 24.4 Å². The van der Waals surface area contributed by atoms with Gasteiger partial charge in [-0.3, -0.25) is 4.57 Å². The predicted octanol–water partition coefficient (Wildman–Crippen LogP) is 4.50. The van der Waals surface area contributed by atoms with E-state index >= 15 is 0 Å². The number of hydrogen-bond acceptors (Lipinski definition) is 3. The van der Waals surface area contributed by atoms with Crippen molar-refractivity contribution >= 4 is 9.84 Å². The van der Waals surface area contributed by atoms with Crippen molar-refractivity contribution in [3.63, 3.8) is 0 Å². The van der Waals surface area contributed by atoms with E-state index in [1.807, 2.05) is 0 Å². The molecule has 0 aliphatic rings. The van der Waals surface area contributed by atoms with Crippen molar-refractivity contribution in [1.29, 1.82) is 0 Å². The van der Waals surface area contributed by atoms with E-state index in [9.17, 15) is 26.0 Å². The second kappa shape index (κ2) is 7.05. The third-order valence-corrected chi connectivity index (χ3v) is 5.11. The summed E-state index contributed by atoms with van der Waals surface area (Å²) in [5, 5.41) is 0. The number of benzene rings is 2. The van der Waals surface area contributed by atoms with Crippen molar-refractivity contribution in [2.24, 2.45) is 0 Å². The van der Waals surface area contributed by atoms with E-state index in [1.54, 1.807) is 13.0 Å². The number of alkyl halides is 3. The minimum Gasteiger partial charge on any atom is -0.300 e. The van der Waals surface area contributed by atoms with Crippen LogP contribution in [0.5, 0.6) is 0 Å². The molecular formula is C19H16F4N2O2S. The molecule has 1 aromatic heterocycles. The standard InChI is InChI=1S/C19H16F4N2O2S/c1-12-7-13(9-14(20)8-12)18-24-15(10-19(21,22)23)11-25(18)16-3-5-17(6-4-16)28(2,26)27/h3-9,11H,10H2,1-2H3. The molecular weight excluding hydrogens is 396 g/mol. The minimum absolute atomic E-state index is 0.0787. The van der Waals surface area contributed by atoms with Crippen molar-refractivity contribution in [1.82, 2.24) is 9.55 Å². The molecule has 0 saturated carbocycles. The lowest BCUT2D eigenvalue weighted by atomic mass is 10.1. The van der Waals surface area contributed by atoms with Gasteiger partial charge in [-0.05, 0) is 55.0 Å². The number of halogens is 4. The molecule has 0 radical (unpaired) electrons. The molecule has 9 heteroatoms. The smallest absolute Gasteiger partial charge is 0.300 e. The Bertz CT molecular complexity index is 1100. The Morgan fingerprint density at radius 1 is 1.07 bits per heavy atom. The van der Waals surface area contributed by atoms with Crippen LogP contribution in [-0.4, -0.2) is 30.4 Å². The summed E-state index contributed by atoms with van der Waals surface area (Å²) >= 11 is 0. The van der Waals surface area contributed by atoms with Gasteiger partial charge in [-0.1, -0.05) is 0 Å². The molecule has 0 unspecified atom stereocenters. The number of aromatic nitrogens is 2. The zero-order chi connectivity index (χ0) is 20.7. The number of imidazole rings is 1. The number of nitrogens with zero attached hydrogens (tertiary/aromatic N) is 2. The molecule has 0 fully saturated rings. The van der Waals surface area contributed by atoms with E-state index in [2.05, 4.69) is 4.98 Å². The van der Waals surface area contributed by atoms with Gasteiger partial charge in [0.2, 0.25) is 0 Å². The fourth-order valence-corrected chi connectivity index (χ4v) is 3.47. The first-order valence-corrected chi connectivity index (χ1v) is 10.0. The highest BCUT2D eigenvalue weighted by atomic mass is 32.2. The summed E-state index contributed by atoms with van der Waals surface area (Å²) in [6.07, 6.45) is -3.41. The average Bonchev–Trinajstić information content (AvgIpc) is 2.95. The molecule has 0 saturated heterocycles. The van der Waals surface area contributed by atoms with Crippen LogP contribution in [-0.2, 0) is 16.3 Å². The van der Waals surface area contributed by atoms with E-state index < -0.39 is 28.3 Å². The lowest BCUT2D eigenvalue weighted by Gasteiger charge is -2.09. The fraction of sp³-hybridized carbons (Fsp3) is 0.211. The van der Waals surface area contributed by atoms with Gasteiger partial charge < -0.3 is 0 Å². The first-order chi connectivity index (χ1) is 12.9. The van der Waals surface area contributed by atoms with Gasteiger partial charge in [-0.2, -0.15) is 13.2 Å². The second-order valence-corrected chi connectivity index (χ2v) is 8.52. The summed E-state index contributed by atoms with van der Waals surface area (Å²) < 4.78 is 76.9. The van der Waals surface area contributed by atoms with Gasteiger partial charge in [0.15, 0.2) is 9.84 Å². The number of sulfone groups is 1. The Hall–Kier alpha value is -2.68. The maximum Gasteiger partial charge on any atom is 0.394 e. The Morgan fingerprint density at radius 2 is 1.71 bits per heavy atom. The maximum atomic E-state index is 13.8. The van der Waals surface area contributed by atoms with Gasteiger partial charge in [-0.15, -0.1) is 0 Å². The Kier molecular flexibility index (Phi) is 5.05. The molecule has 0 aliphatic carbocycles. The highest BCUT2D eigenvalue weighted by molar-refractivity contribution is 7.90. The number of aryl methyl sites for hydroxylation is 1. The van der Waals surface area contributed by atoms with Gasteiger partial charge in [-0.25, -0.2) is 17.8 Å². The molecule has 0 bridgehead atoms. The maximum absolute atomic E-state index is 13.8. The molecule has 0 spiro atoms. The normalized spacial score (nSPS) is 12.4. The summed E-state index contributed by atoms with van der Waals surface area (Å²) in [6, 6.07) is 9.74. The van der Waals surface area contributed by atoms with Crippen LogP contribution >= 0.6 is 0 Å². The molecule has 0 N–H and O–H groups in total. The van der Waals surface area contributed by atoms with E-state index in [1.165, 1.54) is 47.2 Å². The Balaban J connectivity index is 2.15. The highest BCUT2D eigenvalue weighted by Crippen LogP contribution is 2.28. The quantitative estimate of drug-likeness (QED) is 0.593. The number of hydrogen-bond donors (Lipinski definition) is 0. The van der Waals surface area contributed by atoms with Gasteiger partial charge in [0.25, 0.3) is 0 Å². The van der Waals surface area contributed by atoms with Crippen LogP contribution in [0.1, 0.15) is 11.3 Å². The topological polar surface area (TPSA) is 52.0 Å². The molecule has 2 aromatic carbocycles. The van der Waals surface area contributed by atoms with Gasteiger partial charge in [0.1, 0.15) is 11.6 Å². The molecule has 28 heavy (non-hydrogen) atoms. The van der Waals surface area contributed by atoms with Crippen LogP contribution in [0.15, 0.2) is 53.6 Å². The zero-order valence-corrected chi connectivity index (χ0v) is 15.8. The van der Waals surface area contributed by atoms with E-state index in [0.717, 1.165) is 6.26 Å². The van der Waals surface area contributed by atoms with Gasteiger partial charge in [0, 0.05) is 23.7 Å². The third kappa shape index (κ3) is 4.59. The first-order valence-electron chi connectivity index (χ1n) is 8.15. The van der Waals surface area contributed by atoms with Crippen molar-refractivity contribution in [2.75, 3.05) is 6.26 Å². The van der Waals surface area contributed by atoms with Crippen molar-refractivity contribution in [3.05, 3.63) is 65.7 Å². The van der Waals surface area contributed by atoms with Crippen LogP contribution in [0.4, 0.5) is 17.6 Å². The predicted molar refractivity (Wildman–Crippen MR) is 96.6 cm³/mol. The summed E-state index contributed by atoms with van der Waals surface area (Å²) in [5.41, 5.74) is 1.09. The molecule has 0 atom stereocenters. The minimum atomic E-state index is -4.45. The Morgan fingerprint density at radius 3 is 2.25 bits per heavy atom.